The summed E-state index contributed by atoms with van der Waals surface area (Å²) in [5, 5.41) is 3.07. The Kier molecular flexibility index (Phi) is 6.12. The highest BCUT2D eigenvalue weighted by molar-refractivity contribution is 7.89. The van der Waals surface area contributed by atoms with Gasteiger partial charge in [0, 0.05) is 18.7 Å². The molecule has 1 aliphatic rings. The minimum Gasteiger partial charge on any atom is -0.346 e. The molecule has 7 heteroatoms. The molecule has 1 N–H and O–H groups in total. The van der Waals surface area contributed by atoms with E-state index in [1.54, 1.807) is 6.07 Å². The van der Waals surface area contributed by atoms with Crippen molar-refractivity contribution in [2.45, 2.75) is 44.6 Å². The minimum atomic E-state index is -3.70. The average molecular weight is 421 g/mol. The van der Waals surface area contributed by atoms with Crippen LogP contribution in [0.1, 0.15) is 52.9 Å². The van der Waals surface area contributed by atoms with Gasteiger partial charge >= 0.3 is 0 Å². The van der Waals surface area contributed by atoms with Crippen molar-refractivity contribution in [2.75, 3.05) is 13.1 Å². The second kappa shape index (κ2) is 8.23. The molecule has 1 atom stereocenters. The van der Waals surface area contributed by atoms with E-state index in [9.17, 15) is 13.2 Å². The van der Waals surface area contributed by atoms with Gasteiger partial charge in [0.15, 0.2) is 0 Å². The molecule has 2 aromatic carbocycles. The third-order valence-corrected chi connectivity index (χ3v) is 7.64. The van der Waals surface area contributed by atoms with Crippen molar-refractivity contribution in [2.24, 2.45) is 0 Å². The molecular weight excluding hydrogens is 396 g/mol. The smallest absolute Gasteiger partial charge is 0.251 e. The van der Waals surface area contributed by atoms with Crippen molar-refractivity contribution in [1.82, 2.24) is 9.62 Å². The zero-order chi connectivity index (χ0) is 20.5. The number of nitrogens with zero attached hydrogens (tertiary/aromatic N) is 1. The SMILES string of the molecule is Cc1ccc([C@@H](C)NC(=O)c2ccc(Cl)c(S(=O)(=O)N3CCCC3)c2)cc1C. The molecule has 3 rings (SSSR count). The first kappa shape index (κ1) is 20.8. The normalized spacial score (nSPS) is 16.1. The molecule has 28 heavy (non-hydrogen) atoms. The van der Waals surface area contributed by atoms with E-state index in [2.05, 4.69) is 5.32 Å². The number of nitrogens with one attached hydrogen (secondary N) is 1. The zero-order valence-corrected chi connectivity index (χ0v) is 17.9. The van der Waals surface area contributed by atoms with Crippen LogP contribution in [-0.4, -0.2) is 31.7 Å². The maximum Gasteiger partial charge on any atom is 0.251 e. The van der Waals surface area contributed by atoms with E-state index < -0.39 is 10.0 Å². The van der Waals surface area contributed by atoms with Gasteiger partial charge in [0.1, 0.15) is 4.90 Å². The third kappa shape index (κ3) is 4.24. The van der Waals surface area contributed by atoms with Crippen molar-refractivity contribution < 1.29 is 13.2 Å². The summed E-state index contributed by atoms with van der Waals surface area (Å²) in [5.74, 6) is -0.333. The van der Waals surface area contributed by atoms with Gasteiger partial charge in [-0.15, -0.1) is 0 Å². The van der Waals surface area contributed by atoms with Crippen LogP contribution >= 0.6 is 11.6 Å². The molecule has 0 saturated carbocycles. The van der Waals surface area contributed by atoms with Crippen LogP contribution < -0.4 is 5.32 Å². The summed E-state index contributed by atoms with van der Waals surface area (Å²) in [6, 6.07) is 10.2. The fourth-order valence-electron chi connectivity index (χ4n) is 3.31. The quantitative estimate of drug-likeness (QED) is 0.786. The summed E-state index contributed by atoms with van der Waals surface area (Å²) in [6.45, 7) is 6.94. The first-order valence-corrected chi connectivity index (χ1v) is 11.2. The molecule has 1 aliphatic heterocycles. The predicted molar refractivity (Wildman–Crippen MR) is 111 cm³/mol. The number of rotatable bonds is 5. The molecule has 0 aliphatic carbocycles. The Balaban J connectivity index is 1.83. The standard InChI is InChI=1S/C21H25ClN2O3S/c1-14-6-7-17(12-15(14)2)16(3)23-21(25)18-8-9-19(22)20(13-18)28(26,27)24-10-4-5-11-24/h6-9,12-13,16H,4-5,10-11H2,1-3H3,(H,23,25)/t16-/m1/s1. The van der Waals surface area contributed by atoms with Crippen LogP contribution in [0.4, 0.5) is 0 Å². The van der Waals surface area contributed by atoms with Gasteiger partial charge < -0.3 is 5.32 Å². The van der Waals surface area contributed by atoms with Crippen molar-refractivity contribution >= 4 is 27.5 Å². The number of hydrogen-bond donors (Lipinski definition) is 1. The van der Waals surface area contributed by atoms with E-state index >= 15 is 0 Å². The molecule has 0 aromatic heterocycles. The Morgan fingerprint density at radius 1 is 1.07 bits per heavy atom. The Hall–Kier alpha value is -1.89. The molecule has 0 radical (unpaired) electrons. The second-order valence-corrected chi connectivity index (χ2v) is 9.61. The molecule has 0 bridgehead atoms. The van der Waals surface area contributed by atoms with Gasteiger partial charge in [0.05, 0.1) is 11.1 Å². The van der Waals surface area contributed by atoms with Crippen molar-refractivity contribution in [3.63, 3.8) is 0 Å². The van der Waals surface area contributed by atoms with Crippen molar-refractivity contribution in [3.05, 3.63) is 63.7 Å². The van der Waals surface area contributed by atoms with Crippen LogP contribution in [-0.2, 0) is 10.0 Å². The van der Waals surface area contributed by atoms with Crippen LogP contribution in [0, 0.1) is 13.8 Å². The number of amides is 1. The van der Waals surface area contributed by atoms with Gasteiger partial charge in [-0.1, -0.05) is 29.8 Å². The fourth-order valence-corrected chi connectivity index (χ4v) is 5.32. The summed E-state index contributed by atoms with van der Waals surface area (Å²) in [5.41, 5.74) is 3.62. The average Bonchev–Trinajstić information content (AvgIpc) is 3.19. The van der Waals surface area contributed by atoms with Crippen LogP contribution in [0.15, 0.2) is 41.3 Å². The first-order chi connectivity index (χ1) is 13.2. The molecular formula is C21H25ClN2O3S. The number of carbonyl (C=O) groups is 1. The highest BCUT2D eigenvalue weighted by atomic mass is 35.5. The van der Waals surface area contributed by atoms with E-state index in [1.807, 2.05) is 39.0 Å². The number of halogens is 1. The van der Waals surface area contributed by atoms with Gasteiger partial charge in [0.2, 0.25) is 10.0 Å². The lowest BCUT2D eigenvalue weighted by Gasteiger charge is -2.18. The highest BCUT2D eigenvalue weighted by Gasteiger charge is 2.29. The van der Waals surface area contributed by atoms with E-state index in [0.29, 0.717) is 13.1 Å². The maximum absolute atomic E-state index is 12.9. The monoisotopic (exact) mass is 420 g/mol. The third-order valence-electron chi connectivity index (χ3n) is 5.25. The topological polar surface area (TPSA) is 66.5 Å². The number of aryl methyl sites for hydroxylation is 2. The zero-order valence-electron chi connectivity index (χ0n) is 16.3. The van der Waals surface area contributed by atoms with Crippen molar-refractivity contribution in [3.8, 4) is 0 Å². The molecule has 1 saturated heterocycles. The van der Waals surface area contributed by atoms with Crippen LogP contribution in [0.25, 0.3) is 0 Å². The number of carbonyl (C=O) groups excluding carboxylic acids is 1. The molecule has 150 valence electrons. The Labute approximate surface area is 171 Å². The van der Waals surface area contributed by atoms with Gasteiger partial charge in [0.25, 0.3) is 5.91 Å². The Morgan fingerprint density at radius 2 is 1.75 bits per heavy atom. The lowest BCUT2D eigenvalue weighted by Crippen LogP contribution is -2.29. The van der Waals surface area contributed by atoms with Crippen molar-refractivity contribution in [1.29, 1.82) is 0 Å². The summed E-state index contributed by atoms with van der Waals surface area (Å²) < 4.78 is 27.1. The summed E-state index contributed by atoms with van der Waals surface area (Å²) in [7, 11) is -3.70. The summed E-state index contributed by atoms with van der Waals surface area (Å²) in [6.07, 6.45) is 1.68. The van der Waals surface area contributed by atoms with E-state index in [4.69, 9.17) is 11.6 Å². The van der Waals surface area contributed by atoms with Crippen LogP contribution in [0.2, 0.25) is 5.02 Å². The lowest BCUT2D eigenvalue weighted by molar-refractivity contribution is 0.0939. The molecule has 0 spiro atoms. The molecule has 1 fully saturated rings. The number of sulfonamides is 1. The summed E-state index contributed by atoms with van der Waals surface area (Å²) in [4.78, 5) is 12.7. The number of hydrogen-bond acceptors (Lipinski definition) is 3. The van der Waals surface area contributed by atoms with Gasteiger partial charge in [-0.3, -0.25) is 4.79 Å². The Morgan fingerprint density at radius 3 is 2.39 bits per heavy atom. The van der Waals surface area contributed by atoms with E-state index in [-0.39, 0.29) is 27.4 Å². The van der Waals surface area contributed by atoms with Gasteiger partial charge in [-0.05, 0) is 68.5 Å². The second-order valence-electron chi connectivity index (χ2n) is 7.30. The van der Waals surface area contributed by atoms with E-state index in [0.717, 1.165) is 24.0 Å². The lowest BCUT2D eigenvalue weighted by atomic mass is 10.0. The largest absolute Gasteiger partial charge is 0.346 e. The predicted octanol–water partition coefficient (Wildman–Crippen LogP) is 4.23. The van der Waals surface area contributed by atoms with Gasteiger partial charge in [-0.2, -0.15) is 4.31 Å². The molecule has 2 aromatic rings. The number of benzene rings is 2. The van der Waals surface area contributed by atoms with Crippen LogP contribution in [0.3, 0.4) is 0 Å². The Bertz CT molecular complexity index is 999. The minimum absolute atomic E-state index is 0.0115. The van der Waals surface area contributed by atoms with E-state index in [1.165, 1.54) is 22.0 Å². The fraction of sp³-hybridized carbons (Fsp3) is 0.381. The maximum atomic E-state index is 12.9. The highest BCUT2D eigenvalue weighted by Crippen LogP contribution is 2.28. The molecule has 5 nitrogen and oxygen atoms in total. The first-order valence-electron chi connectivity index (χ1n) is 9.38. The molecule has 1 amide bonds. The summed E-state index contributed by atoms with van der Waals surface area (Å²) >= 11 is 6.16. The molecule has 0 unspecified atom stereocenters. The molecule has 1 heterocycles. The van der Waals surface area contributed by atoms with Gasteiger partial charge in [-0.25, -0.2) is 8.42 Å². The van der Waals surface area contributed by atoms with Crippen LogP contribution in [0.5, 0.6) is 0 Å².